The van der Waals surface area contributed by atoms with Gasteiger partial charge in [-0.25, -0.2) is 9.97 Å². The lowest BCUT2D eigenvalue weighted by molar-refractivity contribution is -0.384. The van der Waals surface area contributed by atoms with Gasteiger partial charge < -0.3 is 16.4 Å². The molecule has 0 amide bonds. The Morgan fingerprint density at radius 2 is 1.54 bits per heavy atom. The molecule has 4 rings (SSSR count). The van der Waals surface area contributed by atoms with Gasteiger partial charge in [0, 0.05) is 31.5 Å². The number of pyridine rings is 2. The van der Waals surface area contributed by atoms with Gasteiger partial charge in [0.25, 0.3) is 0 Å². The molecule has 0 spiro atoms. The van der Waals surface area contributed by atoms with Crippen molar-refractivity contribution in [3.8, 4) is 0 Å². The van der Waals surface area contributed by atoms with Crippen LogP contribution in [0.2, 0.25) is 0 Å². The van der Waals surface area contributed by atoms with Crippen molar-refractivity contribution in [3.63, 3.8) is 0 Å². The number of nitro groups is 1. The summed E-state index contributed by atoms with van der Waals surface area (Å²) < 4.78 is 0. The molecular formula is C18H24N6O2. The number of rotatable bonds is 7. The minimum Gasteiger partial charge on any atom is -0.396 e. The minimum atomic E-state index is -0.414. The number of aromatic nitrogens is 2. The summed E-state index contributed by atoms with van der Waals surface area (Å²) in [5.41, 5.74) is 6.49. The highest BCUT2D eigenvalue weighted by Gasteiger charge is 2.23. The van der Waals surface area contributed by atoms with Crippen LogP contribution in [-0.2, 0) is 0 Å². The van der Waals surface area contributed by atoms with Crippen LogP contribution in [0.15, 0.2) is 36.7 Å². The monoisotopic (exact) mass is 356 g/mol. The fourth-order valence-electron chi connectivity index (χ4n) is 2.37. The van der Waals surface area contributed by atoms with Crippen molar-refractivity contribution in [1.29, 1.82) is 0 Å². The van der Waals surface area contributed by atoms with E-state index in [1.54, 1.807) is 18.5 Å². The molecule has 0 unspecified atom stereocenters. The SMILES string of the molecule is Nc1cccnc1NCC1CC1.O=[N+]([O-])c1cccnc1NCC1CC1. The fraction of sp³-hybridized carbons (Fsp3) is 0.444. The fourth-order valence-corrected chi connectivity index (χ4v) is 2.37. The molecule has 4 N–H and O–H groups in total. The molecule has 2 heterocycles. The van der Waals surface area contributed by atoms with Gasteiger partial charge in [-0.15, -0.1) is 0 Å². The topological polar surface area (TPSA) is 119 Å². The van der Waals surface area contributed by atoms with Crippen LogP contribution < -0.4 is 16.4 Å². The quantitative estimate of drug-likeness (QED) is 0.514. The standard InChI is InChI=1S/C9H11N3O2.C9H13N3/c13-12(14)8-2-1-5-10-9(8)11-6-7-3-4-7;10-8-2-1-5-11-9(8)12-6-7-3-4-7/h1-2,5,7H,3-4,6H2,(H,10,11);1-2,5,7H,3-4,6,10H2,(H,11,12). The Morgan fingerprint density at radius 1 is 1.00 bits per heavy atom. The van der Waals surface area contributed by atoms with Crippen LogP contribution in [0.4, 0.5) is 23.0 Å². The highest BCUT2D eigenvalue weighted by molar-refractivity contribution is 5.60. The van der Waals surface area contributed by atoms with Crippen molar-refractivity contribution in [1.82, 2.24) is 9.97 Å². The van der Waals surface area contributed by atoms with E-state index in [2.05, 4.69) is 20.6 Å². The zero-order valence-corrected chi connectivity index (χ0v) is 14.6. The number of nitrogens with zero attached hydrogens (tertiary/aromatic N) is 3. The summed E-state index contributed by atoms with van der Waals surface area (Å²) in [6.45, 7) is 1.80. The first-order valence-electron chi connectivity index (χ1n) is 8.91. The molecule has 2 aliphatic rings. The van der Waals surface area contributed by atoms with Crippen LogP contribution in [0, 0.1) is 22.0 Å². The van der Waals surface area contributed by atoms with Gasteiger partial charge in [-0.3, -0.25) is 10.1 Å². The third kappa shape index (κ3) is 5.58. The molecular weight excluding hydrogens is 332 g/mol. The Bertz CT molecular complexity index is 746. The van der Waals surface area contributed by atoms with Crippen LogP contribution >= 0.6 is 0 Å². The van der Waals surface area contributed by atoms with E-state index < -0.39 is 4.92 Å². The predicted octanol–water partition coefficient (Wildman–Crippen LogP) is 3.30. The second-order valence-corrected chi connectivity index (χ2v) is 6.72. The molecule has 0 saturated heterocycles. The zero-order chi connectivity index (χ0) is 18.4. The van der Waals surface area contributed by atoms with Gasteiger partial charge in [-0.1, -0.05) is 0 Å². The van der Waals surface area contributed by atoms with Crippen molar-refractivity contribution in [3.05, 3.63) is 46.8 Å². The van der Waals surface area contributed by atoms with Crippen LogP contribution in [0.25, 0.3) is 0 Å². The molecule has 2 fully saturated rings. The zero-order valence-electron chi connectivity index (χ0n) is 14.6. The van der Waals surface area contributed by atoms with Crippen molar-refractivity contribution >= 4 is 23.0 Å². The number of anilines is 3. The molecule has 0 radical (unpaired) electrons. The maximum absolute atomic E-state index is 10.6. The Hall–Kier alpha value is -2.90. The van der Waals surface area contributed by atoms with Gasteiger partial charge in [0.05, 0.1) is 10.6 Å². The number of hydrogen-bond acceptors (Lipinski definition) is 7. The molecule has 8 nitrogen and oxygen atoms in total. The summed E-state index contributed by atoms with van der Waals surface area (Å²) >= 11 is 0. The Morgan fingerprint density at radius 3 is 2.08 bits per heavy atom. The van der Waals surface area contributed by atoms with Gasteiger partial charge in [0.2, 0.25) is 5.82 Å². The number of hydrogen-bond donors (Lipinski definition) is 3. The van der Waals surface area contributed by atoms with Crippen LogP contribution in [-0.4, -0.2) is 28.0 Å². The van der Waals surface area contributed by atoms with Gasteiger partial charge in [-0.2, -0.15) is 0 Å². The number of nitrogens with two attached hydrogens (primary N) is 1. The van der Waals surface area contributed by atoms with Crippen LogP contribution in [0.1, 0.15) is 25.7 Å². The van der Waals surface area contributed by atoms with Crippen molar-refractivity contribution in [2.24, 2.45) is 11.8 Å². The second-order valence-electron chi connectivity index (χ2n) is 6.72. The predicted molar refractivity (Wildman–Crippen MR) is 102 cm³/mol. The molecule has 138 valence electrons. The van der Waals surface area contributed by atoms with E-state index in [9.17, 15) is 10.1 Å². The smallest absolute Gasteiger partial charge is 0.311 e. The van der Waals surface area contributed by atoms with E-state index in [0.29, 0.717) is 11.7 Å². The molecule has 0 atom stereocenters. The second kappa shape index (κ2) is 8.46. The van der Waals surface area contributed by atoms with Crippen LogP contribution in [0.5, 0.6) is 0 Å². The molecule has 0 bridgehead atoms. The first-order chi connectivity index (χ1) is 12.6. The lowest BCUT2D eigenvalue weighted by Gasteiger charge is -2.05. The molecule has 2 aromatic rings. The highest BCUT2D eigenvalue weighted by Crippen LogP contribution is 2.30. The largest absolute Gasteiger partial charge is 0.396 e. The third-order valence-corrected chi connectivity index (χ3v) is 4.33. The van der Waals surface area contributed by atoms with Gasteiger partial charge in [0.1, 0.15) is 5.82 Å². The molecule has 8 heteroatoms. The minimum absolute atomic E-state index is 0.0492. The lowest BCUT2D eigenvalue weighted by Crippen LogP contribution is -2.07. The first kappa shape index (κ1) is 17.9. The maximum atomic E-state index is 10.6. The van der Waals surface area contributed by atoms with Crippen molar-refractivity contribution in [2.45, 2.75) is 25.7 Å². The summed E-state index contributed by atoms with van der Waals surface area (Å²) in [6, 6.07) is 6.74. The molecule has 26 heavy (non-hydrogen) atoms. The lowest BCUT2D eigenvalue weighted by atomic mass is 10.3. The Kier molecular flexibility index (Phi) is 5.83. The summed E-state index contributed by atoms with van der Waals surface area (Å²) in [5.74, 6) is 2.73. The van der Waals surface area contributed by atoms with E-state index in [1.807, 2.05) is 12.1 Å². The normalized spacial score (nSPS) is 15.5. The van der Waals surface area contributed by atoms with E-state index in [4.69, 9.17) is 5.73 Å². The summed E-state index contributed by atoms with van der Waals surface area (Å²) in [4.78, 5) is 18.3. The van der Waals surface area contributed by atoms with Crippen LogP contribution in [0.3, 0.4) is 0 Å². The van der Waals surface area contributed by atoms with Crippen molar-refractivity contribution < 1.29 is 4.92 Å². The molecule has 0 aromatic carbocycles. The average Bonchev–Trinajstić information content (AvgIpc) is 3.55. The van der Waals surface area contributed by atoms with Gasteiger partial charge in [0.15, 0.2) is 0 Å². The maximum Gasteiger partial charge on any atom is 0.311 e. The van der Waals surface area contributed by atoms with Crippen molar-refractivity contribution in [2.75, 3.05) is 29.5 Å². The molecule has 2 aromatic heterocycles. The molecule has 2 aliphatic carbocycles. The third-order valence-electron chi connectivity index (χ3n) is 4.33. The Labute approximate surface area is 152 Å². The van der Waals surface area contributed by atoms with E-state index in [-0.39, 0.29) is 5.69 Å². The Balaban J connectivity index is 0.000000152. The highest BCUT2D eigenvalue weighted by atomic mass is 16.6. The summed E-state index contributed by atoms with van der Waals surface area (Å²) in [5, 5.41) is 16.9. The number of nitrogen functional groups attached to an aromatic ring is 1. The van der Waals surface area contributed by atoms with E-state index in [1.165, 1.54) is 31.7 Å². The summed E-state index contributed by atoms with van der Waals surface area (Å²) in [6.07, 6.45) is 8.44. The van der Waals surface area contributed by atoms with Gasteiger partial charge in [-0.05, 0) is 55.7 Å². The molecule has 2 saturated carbocycles. The van der Waals surface area contributed by atoms with Gasteiger partial charge >= 0.3 is 5.69 Å². The first-order valence-corrected chi connectivity index (χ1v) is 8.91. The molecule has 0 aliphatic heterocycles. The van der Waals surface area contributed by atoms with E-state index in [0.717, 1.165) is 30.5 Å². The number of nitrogens with one attached hydrogen (secondary N) is 2. The van der Waals surface area contributed by atoms with E-state index >= 15 is 0 Å². The average molecular weight is 356 g/mol. The summed E-state index contributed by atoms with van der Waals surface area (Å²) in [7, 11) is 0.